The van der Waals surface area contributed by atoms with Crippen molar-refractivity contribution in [2.45, 2.75) is 53.6 Å². The smallest absolute Gasteiger partial charge is 0.128 e. The first-order valence-electron chi connectivity index (χ1n) is 6.41. The van der Waals surface area contributed by atoms with Crippen molar-refractivity contribution in [1.82, 2.24) is 4.98 Å². The molecule has 0 saturated heterocycles. The minimum Gasteiger partial charge on any atom is -0.496 e. The van der Waals surface area contributed by atoms with Gasteiger partial charge in [0.25, 0.3) is 0 Å². The zero-order valence-electron chi connectivity index (χ0n) is 12.4. The fourth-order valence-corrected chi connectivity index (χ4v) is 2.28. The van der Waals surface area contributed by atoms with Gasteiger partial charge in [-0.05, 0) is 25.7 Å². The van der Waals surface area contributed by atoms with Gasteiger partial charge in [-0.1, -0.05) is 20.8 Å². The molecule has 0 aliphatic carbocycles. The molecule has 18 heavy (non-hydrogen) atoms. The van der Waals surface area contributed by atoms with Gasteiger partial charge < -0.3 is 9.84 Å². The Morgan fingerprint density at radius 3 is 2.44 bits per heavy atom. The van der Waals surface area contributed by atoms with E-state index in [1.807, 2.05) is 20.0 Å². The van der Waals surface area contributed by atoms with Gasteiger partial charge in [0.15, 0.2) is 0 Å². The van der Waals surface area contributed by atoms with E-state index < -0.39 is 0 Å². The van der Waals surface area contributed by atoms with Crippen molar-refractivity contribution < 1.29 is 9.84 Å². The quantitative estimate of drug-likeness (QED) is 0.894. The predicted octanol–water partition coefficient (Wildman–Crippen LogP) is 3.05. The summed E-state index contributed by atoms with van der Waals surface area (Å²) >= 11 is 0. The van der Waals surface area contributed by atoms with Crippen LogP contribution in [0.3, 0.4) is 0 Å². The normalized spacial score (nSPS) is 13.5. The van der Waals surface area contributed by atoms with Crippen molar-refractivity contribution in [2.24, 2.45) is 5.41 Å². The molecule has 0 aromatic carbocycles. The maximum atomic E-state index is 10.1. The van der Waals surface area contributed by atoms with Gasteiger partial charge in [-0.2, -0.15) is 0 Å². The molecular weight excluding hydrogens is 226 g/mol. The molecule has 0 saturated carbocycles. The second kappa shape index (κ2) is 5.70. The van der Waals surface area contributed by atoms with E-state index in [4.69, 9.17) is 4.74 Å². The molecule has 1 aromatic heterocycles. The topological polar surface area (TPSA) is 42.4 Å². The highest BCUT2D eigenvalue weighted by molar-refractivity contribution is 5.41. The SMILES string of the molecule is COc1c(C)cnc(CC(O)CC(C)(C)C)c1C. The number of aromatic nitrogens is 1. The van der Waals surface area contributed by atoms with E-state index in [2.05, 4.69) is 25.8 Å². The summed E-state index contributed by atoms with van der Waals surface area (Å²) < 4.78 is 5.38. The van der Waals surface area contributed by atoms with Gasteiger partial charge >= 0.3 is 0 Å². The average Bonchev–Trinajstić information content (AvgIpc) is 2.20. The minimum absolute atomic E-state index is 0.127. The molecule has 0 aliphatic rings. The molecule has 1 N–H and O–H groups in total. The molecule has 1 aromatic rings. The first-order chi connectivity index (χ1) is 8.24. The number of rotatable bonds is 4. The number of methoxy groups -OCH3 is 1. The zero-order valence-corrected chi connectivity index (χ0v) is 12.4. The lowest BCUT2D eigenvalue weighted by atomic mass is 9.87. The number of aliphatic hydroxyl groups is 1. The monoisotopic (exact) mass is 251 g/mol. The van der Waals surface area contributed by atoms with Crippen LogP contribution >= 0.6 is 0 Å². The highest BCUT2D eigenvalue weighted by atomic mass is 16.5. The van der Waals surface area contributed by atoms with E-state index >= 15 is 0 Å². The Morgan fingerprint density at radius 2 is 1.94 bits per heavy atom. The number of aryl methyl sites for hydroxylation is 1. The van der Waals surface area contributed by atoms with E-state index in [0.717, 1.165) is 29.0 Å². The second-order valence-corrected chi connectivity index (χ2v) is 6.17. The fourth-order valence-electron chi connectivity index (χ4n) is 2.28. The third-order valence-electron chi connectivity index (χ3n) is 3.03. The van der Waals surface area contributed by atoms with Gasteiger partial charge in [0.05, 0.1) is 13.2 Å². The fraction of sp³-hybridized carbons (Fsp3) is 0.667. The van der Waals surface area contributed by atoms with Crippen LogP contribution in [-0.4, -0.2) is 23.3 Å². The van der Waals surface area contributed by atoms with Crippen LogP contribution in [0.25, 0.3) is 0 Å². The lowest BCUT2D eigenvalue weighted by Crippen LogP contribution is -2.20. The van der Waals surface area contributed by atoms with E-state index in [9.17, 15) is 5.11 Å². The number of aliphatic hydroxyl groups excluding tert-OH is 1. The Bertz CT molecular complexity index is 408. The van der Waals surface area contributed by atoms with Crippen LogP contribution in [0.4, 0.5) is 0 Å². The summed E-state index contributed by atoms with van der Waals surface area (Å²) in [6.07, 6.45) is 2.80. The Labute approximate surface area is 110 Å². The highest BCUT2D eigenvalue weighted by Crippen LogP contribution is 2.27. The number of hydrogen-bond acceptors (Lipinski definition) is 3. The first kappa shape index (κ1) is 15.0. The summed E-state index contributed by atoms with van der Waals surface area (Å²) in [5, 5.41) is 10.1. The summed E-state index contributed by atoms with van der Waals surface area (Å²) in [6, 6.07) is 0. The molecule has 0 amide bonds. The van der Waals surface area contributed by atoms with Gasteiger partial charge in [0, 0.05) is 29.4 Å². The first-order valence-corrected chi connectivity index (χ1v) is 6.41. The van der Waals surface area contributed by atoms with Crippen LogP contribution in [0, 0.1) is 19.3 Å². The predicted molar refractivity (Wildman–Crippen MR) is 74.0 cm³/mol. The standard InChI is InChI=1S/C15H25NO2/c1-10-9-16-13(11(2)14(10)18-6)7-12(17)8-15(3,4)5/h9,12,17H,7-8H2,1-6H3. The summed E-state index contributed by atoms with van der Waals surface area (Å²) in [5.41, 5.74) is 3.12. The minimum atomic E-state index is -0.358. The van der Waals surface area contributed by atoms with Crippen molar-refractivity contribution in [3.63, 3.8) is 0 Å². The molecule has 3 heteroatoms. The van der Waals surface area contributed by atoms with E-state index in [-0.39, 0.29) is 11.5 Å². The third kappa shape index (κ3) is 3.98. The number of ether oxygens (including phenoxy) is 1. The van der Waals surface area contributed by atoms with Crippen LogP contribution < -0.4 is 4.74 Å². The van der Waals surface area contributed by atoms with Crippen molar-refractivity contribution >= 4 is 0 Å². The van der Waals surface area contributed by atoms with E-state index in [1.165, 1.54) is 0 Å². The highest BCUT2D eigenvalue weighted by Gasteiger charge is 2.19. The molecule has 102 valence electrons. The second-order valence-electron chi connectivity index (χ2n) is 6.17. The van der Waals surface area contributed by atoms with Gasteiger partial charge in [-0.3, -0.25) is 4.98 Å². The van der Waals surface area contributed by atoms with Crippen LogP contribution in [-0.2, 0) is 6.42 Å². The summed E-state index contributed by atoms with van der Waals surface area (Å²) in [5.74, 6) is 0.878. The van der Waals surface area contributed by atoms with E-state index in [1.54, 1.807) is 7.11 Å². The summed E-state index contributed by atoms with van der Waals surface area (Å²) in [6.45, 7) is 10.4. The number of nitrogens with zero attached hydrogens (tertiary/aromatic N) is 1. The Hall–Kier alpha value is -1.09. The third-order valence-corrected chi connectivity index (χ3v) is 3.03. The maximum Gasteiger partial charge on any atom is 0.128 e. The Balaban J connectivity index is 2.85. The molecule has 1 atom stereocenters. The lowest BCUT2D eigenvalue weighted by Gasteiger charge is -2.23. The van der Waals surface area contributed by atoms with Gasteiger partial charge in [-0.15, -0.1) is 0 Å². The molecular formula is C15H25NO2. The summed E-state index contributed by atoms with van der Waals surface area (Å²) in [7, 11) is 1.67. The molecule has 3 nitrogen and oxygen atoms in total. The van der Waals surface area contributed by atoms with Crippen molar-refractivity contribution in [1.29, 1.82) is 0 Å². The van der Waals surface area contributed by atoms with Crippen molar-refractivity contribution in [3.8, 4) is 5.75 Å². The van der Waals surface area contributed by atoms with Crippen LogP contribution in [0.15, 0.2) is 6.20 Å². The molecule has 1 rings (SSSR count). The Kier molecular flexibility index (Phi) is 4.74. The van der Waals surface area contributed by atoms with Crippen LogP contribution in [0.1, 0.15) is 44.0 Å². The molecule has 0 fully saturated rings. The zero-order chi connectivity index (χ0) is 13.9. The van der Waals surface area contributed by atoms with E-state index in [0.29, 0.717) is 6.42 Å². The molecule has 0 spiro atoms. The molecule has 0 radical (unpaired) electrons. The lowest BCUT2D eigenvalue weighted by molar-refractivity contribution is 0.120. The van der Waals surface area contributed by atoms with Gasteiger partial charge in [0.1, 0.15) is 5.75 Å². The molecule has 0 aliphatic heterocycles. The maximum absolute atomic E-state index is 10.1. The van der Waals surface area contributed by atoms with Crippen molar-refractivity contribution in [3.05, 3.63) is 23.0 Å². The van der Waals surface area contributed by atoms with Gasteiger partial charge in [-0.25, -0.2) is 0 Å². The van der Waals surface area contributed by atoms with Crippen molar-refractivity contribution in [2.75, 3.05) is 7.11 Å². The molecule has 1 unspecified atom stereocenters. The van der Waals surface area contributed by atoms with Gasteiger partial charge in [0.2, 0.25) is 0 Å². The van der Waals surface area contributed by atoms with Crippen LogP contribution in [0.2, 0.25) is 0 Å². The average molecular weight is 251 g/mol. The Morgan fingerprint density at radius 1 is 1.33 bits per heavy atom. The summed E-state index contributed by atoms with van der Waals surface area (Å²) in [4.78, 5) is 4.42. The number of pyridine rings is 1. The largest absolute Gasteiger partial charge is 0.496 e. The van der Waals surface area contributed by atoms with Crippen LogP contribution in [0.5, 0.6) is 5.75 Å². The number of hydrogen-bond donors (Lipinski definition) is 1. The molecule has 0 bridgehead atoms. The molecule has 1 heterocycles.